The van der Waals surface area contributed by atoms with Crippen LogP contribution in [0.1, 0.15) is 35.8 Å². The van der Waals surface area contributed by atoms with Crippen molar-refractivity contribution in [1.82, 2.24) is 9.97 Å². The molecule has 2 N–H and O–H groups in total. The fourth-order valence-corrected chi connectivity index (χ4v) is 2.69. The molecule has 0 atom stereocenters. The van der Waals surface area contributed by atoms with E-state index in [4.69, 9.17) is 4.74 Å². The molecule has 28 heavy (non-hydrogen) atoms. The predicted octanol–water partition coefficient (Wildman–Crippen LogP) is 3.06. The van der Waals surface area contributed by atoms with Gasteiger partial charge in [-0.25, -0.2) is 9.78 Å². The first-order chi connectivity index (χ1) is 13.6. The van der Waals surface area contributed by atoms with Crippen LogP contribution in [0.15, 0.2) is 53.3 Å². The van der Waals surface area contributed by atoms with E-state index in [1.807, 2.05) is 19.1 Å². The summed E-state index contributed by atoms with van der Waals surface area (Å²) < 4.78 is 5.09. The molecule has 0 bridgehead atoms. The van der Waals surface area contributed by atoms with Crippen LogP contribution in [0, 0.1) is 0 Å². The second kappa shape index (κ2) is 8.94. The van der Waals surface area contributed by atoms with E-state index >= 15 is 0 Å². The lowest BCUT2D eigenvalue weighted by Gasteiger charge is -2.08. The van der Waals surface area contributed by atoms with Crippen molar-refractivity contribution < 1.29 is 14.3 Å². The minimum absolute atomic E-state index is 0.0962. The van der Waals surface area contributed by atoms with Crippen molar-refractivity contribution in [3.05, 3.63) is 70.1 Å². The highest BCUT2D eigenvalue weighted by molar-refractivity contribution is 5.94. The van der Waals surface area contributed by atoms with Gasteiger partial charge in [-0.15, -0.1) is 0 Å². The quantitative estimate of drug-likeness (QED) is 0.615. The van der Waals surface area contributed by atoms with Crippen LogP contribution in [-0.2, 0) is 16.0 Å². The van der Waals surface area contributed by atoms with Gasteiger partial charge in [0.1, 0.15) is 5.69 Å². The van der Waals surface area contributed by atoms with Gasteiger partial charge in [0.25, 0.3) is 5.56 Å². The first-order valence-electron chi connectivity index (χ1n) is 9.12. The Hall–Kier alpha value is -3.48. The van der Waals surface area contributed by atoms with Gasteiger partial charge >= 0.3 is 5.97 Å². The molecule has 1 aromatic heterocycles. The van der Waals surface area contributed by atoms with Gasteiger partial charge in [0.05, 0.1) is 23.2 Å². The molecule has 0 fully saturated rings. The number of H-pyrrole nitrogens is 1. The van der Waals surface area contributed by atoms with Gasteiger partial charge in [-0.1, -0.05) is 25.1 Å². The number of anilines is 1. The van der Waals surface area contributed by atoms with Crippen molar-refractivity contribution in [2.45, 2.75) is 26.2 Å². The third-order valence-electron chi connectivity index (χ3n) is 4.08. The molecule has 0 spiro atoms. The normalized spacial score (nSPS) is 10.6. The second-order valence-corrected chi connectivity index (χ2v) is 6.29. The van der Waals surface area contributed by atoms with E-state index in [0.717, 1.165) is 6.42 Å². The standard InChI is InChI=1S/C21H21N3O4/c1-2-12-28-21(27)14-6-5-7-15(13-14)22-19(25)11-10-18-20(26)24-17-9-4-3-8-16(17)23-18/h3-9,13H,2,10-12H2,1H3,(H,22,25)(H,24,26). The molecular weight excluding hydrogens is 358 g/mol. The van der Waals surface area contributed by atoms with Crippen LogP contribution in [0.2, 0.25) is 0 Å². The van der Waals surface area contributed by atoms with Gasteiger partial charge in [-0.2, -0.15) is 0 Å². The number of hydrogen-bond donors (Lipinski definition) is 2. The van der Waals surface area contributed by atoms with E-state index < -0.39 is 5.97 Å². The summed E-state index contributed by atoms with van der Waals surface area (Å²) in [4.78, 5) is 43.4. The number of aromatic nitrogens is 2. The topological polar surface area (TPSA) is 101 Å². The van der Waals surface area contributed by atoms with Crippen molar-refractivity contribution >= 4 is 28.6 Å². The van der Waals surface area contributed by atoms with Crippen molar-refractivity contribution in [3.63, 3.8) is 0 Å². The predicted molar refractivity (Wildman–Crippen MR) is 106 cm³/mol. The van der Waals surface area contributed by atoms with E-state index in [-0.39, 0.29) is 24.3 Å². The minimum atomic E-state index is -0.426. The number of para-hydroxylation sites is 2. The lowest BCUT2D eigenvalue weighted by molar-refractivity contribution is -0.116. The van der Waals surface area contributed by atoms with Crippen molar-refractivity contribution in [2.24, 2.45) is 0 Å². The number of hydrogen-bond acceptors (Lipinski definition) is 5. The summed E-state index contributed by atoms with van der Waals surface area (Å²) in [5, 5.41) is 2.73. The highest BCUT2D eigenvalue weighted by atomic mass is 16.5. The van der Waals surface area contributed by atoms with E-state index in [2.05, 4.69) is 15.3 Å². The maximum atomic E-state index is 12.2. The number of ether oxygens (including phenoxy) is 1. The minimum Gasteiger partial charge on any atom is -0.462 e. The zero-order valence-corrected chi connectivity index (χ0v) is 15.5. The number of aromatic amines is 1. The van der Waals surface area contributed by atoms with Crippen molar-refractivity contribution in [2.75, 3.05) is 11.9 Å². The van der Waals surface area contributed by atoms with Crippen LogP contribution >= 0.6 is 0 Å². The Balaban J connectivity index is 1.63. The van der Waals surface area contributed by atoms with Gasteiger partial charge in [-0.05, 0) is 36.8 Å². The maximum Gasteiger partial charge on any atom is 0.338 e. The molecule has 0 aliphatic rings. The van der Waals surface area contributed by atoms with Gasteiger partial charge in [-0.3, -0.25) is 9.59 Å². The molecule has 144 valence electrons. The first kappa shape index (κ1) is 19.3. The van der Waals surface area contributed by atoms with E-state index in [9.17, 15) is 14.4 Å². The third kappa shape index (κ3) is 4.82. The molecule has 1 heterocycles. The Bertz CT molecular complexity index is 1060. The molecule has 7 nitrogen and oxygen atoms in total. The van der Waals surface area contributed by atoms with Crippen molar-refractivity contribution in [1.29, 1.82) is 0 Å². The van der Waals surface area contributed by atoms with E-state index in [1.165, 1.54) is 0 Å². The molecule has 3 rings (SSSR count). The molecule has 1 amide bonds. The number of aryl methyl sites for hydroxylation is 1. The van der Waals surface area contributed by atoms with E-state index in [0.29, 0.717) is 34.6 Å². The Morgan fingerprint density at radius 3 is 2.79 bits per heavy atom. The second-order valence-electron chi connectivity index (χ2n) is 6.29. The van der Waals surface area contributed by atoms with Gasteiger partial charge in [0.15, 0.2) is 0 Å². The number of carbonyl (C=O) groups excluding carboxylic acids is 2. The number of carbonyl (C=O) groups is 2. The molecule has 0 aliphatic carbocycles. The van der Waals surface area contributed by atoms with Crippen LogP contribution in [0.3, 0.4) is 0 Å². The number of nitrogens with one attached hydrogen (secondary N) is 2. The van der Waals surface area contributed by atoms with Crippen LogP contribution < -0.4 is 10.9 Å². The van der Waals surface area contributed by atoms with Gasteiger partial charge < -0.3 is 15.0 Å². The van der Waals surface area contributed by atoms with Crippen LogP contribution in [0.25, 0.3) is 11.0 Å². The number of nitrogens with zero attached hydrogens (tertiary/aromatic N) is 1. The highest BCUT2D eigenvalue weighted by Crippen LogP contribution is 2.13. The summed E-state index contributed by atoms with van der Waals surface area (Å²) >= 11 is 0. The van der Waals surface area contributed by atoms with Crippen molar-refractivity contribution in [3.8, 4) is 0 Å². The third-order valence-corrected chi connectivity index (χ3v) is 4.08. The molecule has 0 radical (unpaired) electrons. The highest BCUT2D eigenvalue weighted by Gasteiger charge is 2.11. The van der Waals surface area contributed by atoms with Crippen LogP contribution in [-0.4, -0.2) is 28.5 Å². The number of fused-ring (bicyclic) bond motifs is 1. The molecule has 7 heteroatoms. The zero-order chi connectivity index (χ0) is 19.9. The fourth-order valence-electron chi connectivity index (χ4n) is 2.69. The number of amides is 1. The fraction of sp³-hybridized carbons (Fsp3) is 0.238. The number of rotatable bonds is 7. The molecule has 0 unspecified atom stereocenters. The van der Waals surface area contributed by atoms with Crippen LogP contribution in [0.5, 0.6) is 0 Å². The first-order valence-corrected chi connectivity index (χ1v) is 9.12. The van der Waals surface area contributed by atoms with E-state index in [1.54, 1.807) is 36.4 Å². The number of benzene rings is 2. The lowest BCUT2D eigenvalue weighted by Crippen LogP contribution is -2.19. The summed E-state index contributed by atoms with van der Waals surface area (Å²) in [5.41, 5.74) is 2.22. The Labute approximate surface area is 161 Å². The van der Waals surface area contributed by atoms with Crippen LogP contribution in [0.4, 0.5) is 5.69 Å². The summed E-state index contributed by atoms with van der Waals surface area (Å²) in [5.74, 6) is -0.696. The summed E-state index contributed by atoms with van der Waals surface area (Å²) in [6.45, 7) is 2.27. The molecule has 0 saturated carbocycles. The van der Waals surface area contributed by atoms with Gasteiger partial charge in [0.2, 0.25) is 5.91 Å². The number of esters is 1. The average molecular weight is 379 g/mol. The Morgan fingerprint density at radius 1 is 1.14 bits per heavy atom. The van der Waals surface area contributed by atoms with Gasteiger partial charge in [0, 0.05) is 18.5 Å². The molecule has 0 aliphatic heterocycles. The Kier molecular flexibility index (Phi) is 6.16. The molecular formula is C21H21N3O4. The monoisotopic (exact) mass is 379 g/mol. The summed E-state index contributed by atoms with van der Waals surface area (Å²) in [6.07, 6.45) is 1.05. The summed E-state index contributed by atoms with van der Waals surface area (Å²) in [7, 11) is 0. The lowest BCUT2D eigenvalue weighted by atomic mass is 10.2. The average Bonchev–Trinajstić information content (AvgIpc) is 2.70. The SMILES string of the molecule is CCCOC(=O)c1cccc(NC(=O)CCc2nc3ccccc3[nH]c2=O)c1. The molecule has 0 saturated heterocycles. The Morgan fingerprint density at radius 2 is 1.96 bits per heavy atom. The smallest absolute Gasteiger partial charge is 0.338 e. The maximum absolute atomic E-state index is 12.2. The molecule has 3 aromatic rings. The largest absolute Gasteiger partial charge is 0.462 e. The molecule has 2 aromatic carbocycles. The summed E-state index contributed by atoms with van der Waals surface area (Å²) in [6, 6.07) is 13.8. The zero-order valence-electron chi connectivity index (χ0n) is 15.5.